The van der Waals surface area contributed by atoms with Crippen LogP contribution >= 0.6 is 0 Å². The van der Waals surface area contributed by atoms with Crippen LogP contribution in [0.4, 0.5) is 0 Å². The van der Waals surface area contributed by atoms with E-state index in [1.54, 1.807) is 0 Å². The Morgan fingerprint density at radius 2 is 1.83 bits per heavy atom. The highest BCUT2D eigenvalue weighted by Crippen LogP contribution is 2.36. The Morgan fingerprint density at radius 1 is 1.08 bits per heavy atom. The number of fused-ring (bicyclic) bond motifs is 2. The molecule has 0 spiro atoms. The monoisotopic (exact) mass is 322 g/mol. The van der Waals surface area contributed by atoms with Crippen molar-refractivity contribution in [2.75, 3.05) is 0 Å². The van der Waals surface area contributed by atoms with Crippen molar-refractivity contribution in [2.45, 2.75) is 50.5 Å². The van der Waals surface area contributed by atoms with Crippen LogP contribution in [0.15, 0.2) is 42.5 Å². The fourth-order valence-electron chi connectivity index (χ4n) is 4.18. The van der Waals surface area contributed by atoms with E-state index in [0.717, 1.165) is 37.9 Å². The van der Waals surface area contributed by atoms with Crippen molar-refractivity contribution in [3.8, 4) is 5.75 Å². The van der Waals surface area contributed by atoms with Gasteiger partial charge in [0.1, 0.15) is 11.9 Å². The summed E-state index contributed by atoms with van der Waals surface area (Å²) in [5.74, 6) is 0.357. The van der Waals surface area contributed by atoms with Gasteiger partial charge in [0, 0.05) is 12.8 Å². The van der Waals surface area contributed by atoms with Gasteiger partial charge in [-0.25, -0.2) is 0 Å². The van der Waals surface area contributed by atoms with Gasteiger partial charge in [-0.05, 0) is 59.6 Å². The number of rotatable bonds is 4. The summed E-state index contributed by atoms with van der Waals surface area (Å²) >= 11 is 0. The van der Waals surface area contributed by atoms with E-state index in [-0.39, 0.29) is 18.4 Å². The molecule has 0 radical (unpaired) electrons. The van der Waals surface area contributed by atoms with Crippen LogP contribution in [0.3, 0.4) is 0 Å². The van der Waals surface area contributed by atoms with Gasteiger partial charge in [-0.3, -0.25) is 4.79 Å². The molecule has 3 heteroatoms. The van der Waals surface area contributed by atoms with Crippen molar-refractivity contribution in [1.29, 1.82) is 0 Å². The molecule has 0 aliphatic heterocycles. The number of ether oxygens (including phenoxy) is 1. The van der Waals surface area contributed by atoms with Crippen LogP contribution < -0.4 is 4.74 Å². The Balaban J connectivity index is 1.49. The number of aliphatic carboxylic acids is 1. The lowest BCUT2D eigenvalue weighted by Gasteiger charge is -2.25. The van der Waals surface area contributed by atoms with Gasteiger partial charge in [-0.2, -0.15) is 0 Å². The van der Waals surface area contributed by atoms with Gasteiger partial charge in [0.05, 0.1) is 6.42 Å². The Hall–Kier alpha value is -2.29. The molecule has 0 saturated heterocycles. The molecule has 1 N–H and O–H groups in total. The number of hydrogen-bond acceptors (Lipinski definition) is 2. The van der Waals surface area contributed by atoms with Crippen LogP contribution in [0, 0.1) is 0 Å². The van der Waals surface area contributed by atoms with Crippen molar-refractivity contribution >= 4 is 5.97 Å². The molecule has 0 saturated carbocycles. The largest absolute Gasteiger partial charge is 0.490 e. The number of carbonyl (C=O) groups is 1. The van der Waals surface area contributed by atoms with Crippen LogP contribution in [0.5, 0.6) is 5.75 Å². The van der Waals surface area contributed by atoms with E-state index in [9.17, 15) is 4.79 Å². The summed E-state index contributed by atoms with van der Waals surface area (Å²) in [4.78, 5) is 11.1. The molecule has 2 aromatic carbocycles. The molecule has 2 aliphatic rings. The molecule has 0 fully saturated rings. The molecule has 4 rings (SSSR count). The first-order chi connectivity index (χ1) is 11.7. The molecule has 0 amide bonds. The summed E-state index contributed by atoms with van der Waals surface area (Å²) in [5.41, 5.74) is 5.25. The minimum atomic E-state index is -0.711. The van der Waals surface area contributed by atoms with Gasteiger partial charge in [0.25, 0.3) is 0 Å². The molecule has 3 nitrogen and oxygen atoms in total. The molecule has 1 unspecified atom stereocenters. The average Bonchev–Trinajstić information content (AvgIpc) is 2.96. The predicted octanol–water partition coefficient (Wildman–Crippen LogP) is 4.13. The van der Waals surface area contributed by atoms with Crippen molar-refractivity contribution in [3.05, 3.63) is 64.7 Å². The maximum Gasteiger partial charge on any atom is 0.303 e. The van der Waals surface area contributed by atoms with Crippen molar-refractivity contribution in [2.24, 2.45) is 0 Å². The first-order valence-corrected chi connectivity index (χ1v) is 8.77. The summed E-state index contributed by atoms with van der Waals surface area (Å²) in [5, 5.41) is 9.10. The first-order valence-electron chi connectivity index (χ1n) is 8.77. The average molecular weight is 322 g/mol. The fraction of sp³-hybridized carbons (Fsp3) is 0.381. The number of hydrogen-bond donors (Lipinski definition) is 1. The van der Waals surface area contributed by atoms with E-state index in [1.165, 1.54) is 22.3 Å². The third-order valence-corrected chi connectivity index (χ3v) is 5.29. The van der Waals surface area contributed by atoms with E-state index in [2.05, 4.69) is 36.4 Å². The third-order valence-electron chi connectivity index (χ3n) is 5.29. The fourth-order valence-corrected chi connectivity index (χ4v) is 4.18. The van der Waals surface area contributed by atoms with E-state index in [0.29, 0.717) is 0 Å². The standard InChI is InChI=1S/C21H22O3/c22-21(23)13-17-7-3-6-16-12-18(8-9-20(16)17)24-19-10-14-4-1-2-5-15(14)11-19/h1-2,4-5,8-9,12,17,19H,3,6-7,10-11,13H2,(H,22,23). The summed E-state index contributed by atoms with van der Waals surface area (Å²) in [6.45, 7) is 0. The summed E-state index contributed by atoms with van der Waals surface area (Å²) < 4.78 is 6.22. The minimum absolute atomic E-state index is 0.149. The normalized spacial score (nSPS) is 19.6. The highest BCUT2D eigenvalue weighted by Gasteiger charge is 2.25. The maximum absolute atomic E-state index is 11.1. The second-order valence-electron chi connectivity index (χ2n) is 6.96. The molecular weight excluding hydrogens is 300 g/mol. The SMILES string of the molecule is O=C(O)CC1CCCc2cc(OC3Cc4ccccc4C3)ccc21. The van der Waals surface area contributed by atoms with Gasteiger partial charge >= 0.3 is 5.97 Å². The van der Waals surface area contributed by atoms with Crippen LogP contribution in [0.25, 0.3) is 0 Å². The second kappa shape index (κ2) is 6.31. The molecule has 2 aromatic rings. The van der Waals surface area contributed by atoms with E-state index < -0.39 is 5.97 Å². The topological polar surface area (TPSA) is 46.5 Å². The Kier molecular flexibility index (Phi) is 4.01. The van der Waals surface area contributed by atoms with Crippen LogP contribution in [0.1, 0.15) is 47.4 Å². The van der Waals surface area contributed by atoms with Gasteiger partial charge in [-0.15, -0.1) is 0 Å². The lowest BCUT2D eigenvalue weighted by atomic mass is 9.81. The highest BCUT2D eigenvalue weighted by molar-refractivity contribution is 5.68. The summed E-state index contributed by atoms with van der Waals surface area (Å²) in [7, 11) is 0. The summed E-state index contributed by atoms with van der Waals surface area (Å²) in [6, 6.07) is 14.8. The molecule has 124 valence electrons. The second-order valence-corrected chi connectivity index (χ2v) is 6.96. The van der Waals surface area contributed by atoms with Crippen molar-refractivity contribution < 1.29 is 14.6 Å². The van der Waals surface area contributed by atoms with Gasteiger partial charge < -0.3 is 9.84 Å². The van der Waals surface area contributed by atoms with Gasteiger partial charge in [0.2, 0.25) is 0 Å². The smallest absolute Gasteiger partial charge is 0.303 e. The molecule has 0 bridgehead atoms. The lowest BCUT2D eigenvalue weighted by Crippen LogP contribution is -2.17. The molecular formula is C21H22O3. The van der Waals surface area contributed by atoms with E-state index in [1.807, 2.05) is 6.07 Å². The van der Waals surface area contributed by atoms with Crippen LogP contribution in [-0.4, -0.2) is 17.2 Å². The van der Waals surface area contributed by atoms with Gasteiger partial charge in [-0.1, -0.05) is 30.3 Å². The van der Waals surface area contributed by atoms with Crippen molar-refractivity contribution in [1.82, 2.24) is 0 Å². The number of aryl methyl sites for hydroxylation is 1. The maximum atomic E-state index is 11.1. The number of carboxylic acids is 1. The van der Waals surface area contributed by atoms with E-state index >= 15 is 0 Å². The Bertz CT molecular complexity index is 740. The zero-order valence-corrected chi connectivity index (χ0v) is 13.7. The van der Waals surface area contributed by atoms with Crippen LogP contribution in [0.2, 0.25) is 0 Å². The highest BCUT2D eigenvalue weighted by atomic mass is 16.5. The quantitative estimate of drug-likeness (QED) is 0.921. The van der Waals surface area contributed by atoms with Gasteiger partial charge in [0.15, 0.2) is 0 Å². The zero-order chi connectivity index (χ0) is 16.5. The first kappa shape index (κ1) is 15.3. The molecule has 0 heterocycles. The van der Waals surface area contributed by atoms with Crippen LogP contribution in [-0.2, 0) is 24.1 Å². The molecule has 24 heavy (non-hydrogen) atoms. The molecule has 2 aliphatic carbocycles. The number of carboxylic acid groups (broad SMARTS) is 1. The number of benzene rings is 2. The zero-order valence-electron chi connectivity index (χ0n) is 13.7. The minimum Gasteiger partial charge on any atom is -0.490 e. The molecule has 0 aromatic heterocycles. The Labute approximate surface area is 142 Å². The lowest BCUT2D eigenvalue weighted by molar-refractivity contribution is -0.137. The van der Waals surface area contributed by atoms with E-state index in [4.69, 9.17) is 9.84 Å². The predicted molar refractivity (Wildman–Crippen MR) is 92.6 cm³/mol. The summed E-state index contributed by atoms with van der Waals surface area (Å²) in [6.07, 6.45) is 5.42. The third kappa shape index (κ3) is 3.03. The molecule has 1 atom stereocenters. The van der Waals surface area contributed by atoms with Crippen molar-refractivity contribution in [3.63, 3.8) is 0 Å². The Morgan fingerprint density at radius 3 is 2.54 bits per heavy atom.